The van der Waals surface area contributed by atoms with Gasteiger partial charge in [0, 0.05) is 0 Å². The first-order valence-electron chi connectivity index (χ1n) is 6.85. The predicted molar refractivity (Wildman–Crippen MR) is 76.9 cm³/mol. The molecule has 0 saturated heterocycles. The Labute approximate surface area is 166 Å². The van der Waals surface area contributed by atoms with E-state index in [0.29, 0.717) is 6.42 Å². The molecule has 7 heteroatoms. The SMILES string of the molecule is C=CC(=O)NOS(=O)(=O)CCCCCCCCCC.[H-].[K+]. The fourth-order valence-electron chi connectivity index (χ4n) is 1.60. The molecule has 0 bridgehead atoms. The monoisotopic (exact) mass is 331 g/mol. The number of carbonyl (C=O) groups is 1. The van der Waals surface area contributed by atoms with Crippen molar-refractivity contribution in [3.63, 3.8) is 0 Å². The summed E-state index contributed by atoms with van der Waals surface area (Å²) < 4.78 is 27.1. The van der Waals surface area contributed by atoms with E-state index < -0.39 is 16.0 Å². The van der Waals surface area contributed by atoms with Gasteiger partial charge in [-0.3, -0.25) is 4.79 Å². The zero-order valence-corrected chi connectivity index (χ0v) is 16.6. The van der Waals surface area contributed by atoms with Crippen LogP contribution in [0.5, 0.6) is 0 Å². The van der Waals surface area contributed by atoms with Crippen LogP contribution in [0, 0.1) is 0 Å². The van der Waals surface area contributed by atoms with Gasteiger partial charge in [0.15, 0.2) is 0 Å². The minimum atomic E-state index is -3.67. The maximum atomic E-state index is 11.4. The molecule has 0 aliphatic heterocycles. The van der Waals surface area contributed by atoms with E-state index in [1.807, 2.05) is 0 Å². The second kappa shape index (κ2) is 14.7. The van der Waals surface area contributed by atoms with Crippen LogP contribution in [0.3, 0.4) is 0 Å². The summed E-state index contributed by atoms with van der Waals surface area (Å²) in [5.41, 5.74) is 1.80. The van der Waals surface area contributed by atoms with Crippen molar-refractivity contribution in [2.24, 2.45) is 0 Å². The Morgan fingerprint density at radius 1 is 1.15 bits per heavy atom. The minimum absolute atomic E-state index is 0. The zero-order valence-electron chi connectivity index (χ0n) is 13.7. The third kappa shape index (κ3) is 15.2. The van der Waals surface area contributed by atoms with Crippen molar-refractivity contribution in [1.29, 1.82) is 0 Å². The van der Waals surface area contributed by atoms with E-state index in [0.717, 1.165) is 25.3 Å². The molecule has 0 radical (unpaired) electrons. The Morgan fingerprint density at radius 2 is 1.65 bits per heavy atom. The van der Waals surface area contributed by atoms with Crippen molar-refractivity contribution in [2.45, 2.75) is 58.3 Å². The molecule has 0 aliphatic carbocycles. The summed E-state index contributed by atoms with van der Waals surface area (Å²) >= 11 is 0. The van der Waals surface area contributed by atoms with Gasteiger partial charge < -0.3 is 1.43 Å². The Bertz CT molecular complexity index is 363. The van der Waals surface area contributed by atoms with Gasteiger partial charge in [0.25, 0.3) is 16.0 Å². The average Bonchev–Trinajstić information content (AvgIpc) is 2.39. The standard InChI is InChI=1S/C13H25NO4S.K.H/c1-3-5-6-7-8-9-10-11-12-19(16,17)18-14-13(15)4-2;;/h4H,2-3,5-12H2,1H3,(H,14,15);;/q;+1;-1. The normalized spacial score (nSPS) is 10.7. The summed E-state index contributed by atoms with van der Waals surface area (Å²) in [6.45, 7) is 5.37. The molecule has 5 nitrogen and oxygen atoms in total. The maximum Gasteiger partial charge on any atom is 1.00 e. The van der Waals surface area contributed by atoms with E-state index in [9.17, 15) is 13.2 Å². The minimum Gasteiger partial charge on any atom is -1.00 e. The van der Waals surface area contributed by atoms with Gasteiger partial charge in [-0.05, 0) is 12.5 Å². The van der Waals surface area contributed by atoms with Gasteiger partial charge in [0.05, 0.1) is 5.75 Å². The van der Waals surface area contributed by atoms with Crippen molar-refractivity contribution in [1.82, 2.24) is 5.48 Å². The summed E-state index contributed by atoms with van der Waals surface area (Å²) in [4.78, 5) is 10.7. The van der Waals surface area contributed by atoms with Crippen LogP contribution in [0.15, 0.2) is 12.7 Å². The van der Waals surface area contributed by atoms with Gasteiger partial charge in [-0.25, -0.2) is 5.48 Å². The number of hydrogen-bond acceptors (Lipinski definition) is 4. The number of carbonyl (C=O) groups excluding carboxylic acids is 1. The third-order valence-electron chi connectivity index (χ3n) is 2.70. The summed E-state index contributed by atoms with van der Waals surface area (Å²) in [6.07, 6.45) is 9.53. The average molecular weight is 332 g/mol. The molecule has 0 unspecified atom stereocenters. The molecule has 0 aromatic heterocycles. The summed E-state index contributed by atoms with van der Waals surface area (Å²) in [5.74, 6) is -0.737. The molecule has 0 rings (SSSR count). The fraction of sp³-hybridized carbons (Fsp3) is 0.769. The molecule has 114 valence electrons. The van der Waals surface area contributed by atoms with Crippen LogP contribution >= 0.6 is 0 Å². The van der Waals surface area contributed by atoms with Crippen LogP contribution in [0.25, 0.3) is 0 Å². The van der Waals surface area contributed by atoms with Gasteiger partial charge in [-0.2, -0.15) is 8.42 Å². The van der Waals surface area contributed by atoms with E-state index in [-0.39, 0.29) is 58.6 Å². The molecule has 0 heterocycles. The molecular weight excluding hydrogens is 305 g/mol. The number of nitrogens with one attached hydrogen (secondary N) is 1. The van der Waals surface area contributed by atoms with Crippen molar-refractivity contribution in [3.05, 3.63) is 12.7 Å². The summed E-state index contributed by atoms with van der Waals surface area (Å²) in [7, 11) is -3.67. The molecule has 0 saturated carbocycles. The van der Waals surface area contributed by atoms with Gasteiger partial charge in [0.1, 0.15) is 0 Å². The van der Waals surface area contributed by atoms with Crippen LogP contribution in [0.2, 0.25) is 0 Å². The first kappa shape index (κ1) is 23.0. The Balaban J connectivity index is -0.00000162. The van der Waals surface area contributed by atoms with Crippen molar-refractivity contribution in [2.75, 3.05) is 5.75 Å². The van der Waals surface area contributed by atoms with Crippen LogP contribution in [0.4, 0.5) is 0 Å². The maximum absolute atomic E-state index is 11.4. The largest absolute Gasteiger partial charge is 1.00 e. The smallest absolute Gasteiger partial charge is 1.00 e. The first-order valence-corrected chi connectivity index (χ1v) is 8.43. The van der Waals surface area contributed by atoms with E-state index in [1.54, 1.807) is 5.48 Å². The van der Waals surface area contributed by atoms with Crippen LogP contribution in [-0.4, -0.2) is 20.1 Å². The van der Waals surface area contributed by atoms with Crippen LogP contribution < -0.4 is 56.9 Å². The Morgan fingerprint density at radius 3 is 2.15 bits per heavy atom. The topological polar surface area (TPSA) is 72.5 Å². The van der Waals surface area contributed by atoms with Crippen LogP contribution in [-0.2, 0) is 19.2 Å². The molecule has 0 fully saturated rings. The second-order valence-electron chi connectivity index (χ2n) is 4.49. The number of rotatable bonds is 12. The number of hydrogen-bond donors (Lipinski definition) is 1. The van der Waals surface area contributed by atoms with Gasteiger partial charge in [0.2, 0.25) is 0 Å². The fourth-order valence-corrected chi connectivity index (χ4v) is 2.45. The summed E-state index contributed by atoms with van der Waals surface area (Å²) in [6, 6.07) is 0. The van der Waals surface area contributed by atoms with E-state index >= 15 is 0 Å². The Kier molecular flexibility index (Phi) is 16.9. The van der Waals surface area contributed by atoms with E-state index in [1.165, 1.54) is 25.7 Å². The molecule has 0 aliphatic rings. The quantitative estimate of drug-likeness (QED) is 0.233. The first-order chi connectivity index (χ1) is 9.02. The number of hydroxylamine groups is 1. The van der Waals surface area contributed by atoms with Crippen molar-refractivity contribution >= 4 is 16.0 Å². The molecule has 20 heavy (non-hydrogen) atoms. The van der Waals surface area contributed by atoms with E-state index in [2.05, 4.69) is 17.8 Å². The molecule has 1 amide bonds. The molecular formula is C13H26KNO4S. The number of unbranched alkanes of at least 4 members (excludes halogenated alkanes) is 7. The molecule has 0 aromatic carbocycles. The van der Waals surface area contributed by atoms with Crippen molar-refractivity contribution < 1.29 is 70.3 Å². The number of amides is 1. The van der Waals surface area contributed by atoms with Crippen LogP contribution in [0.1, 0.15) is 59.7 Å². The van der Waals surface area contributed by atoms with Crippen molar-refractivity contribution in [3.8, 4) is 0 Å². The third-order valence-corrected chi connectivity index (χ3v) is 3.83. The second-order valence-corrected chi connectivity index (χ2v) is 6.18. The van der Waals surface area contributed by atoms with Gasteiger partial charge >= 0.3 is 51.4 Å². The molecule has 1 N–H and O–H groups in total. The molecule has 0 spiro atoms. The molecule has 0 aromatic rings. The Hall–Kier alpha value is 0.756. The molecule has 0 atom stereocenters. The van der Waals surface area contributed by atoms with Gasteiger partial charge in [-0.1, -0.05) is 58.4 Å². The van der Waals surface area contributed by atoms with Gasteiger partial charge in [-0.15, -0.1) is 4.28 Å². The van der Waals surface area contributed by atoms with E-state index in [4.69, 9.17) is 0 Å². The summed E-state index contributed by atoms with van der Waals surface area (Å²) in [5, 5.41) is 0. The zero-order chi connectivity index (χ0) is 14.6. The predicted octanol–water partition coefficient (Wildman–Crippen LogP) is -0.193.